The van der Waals surface area contributed by atoms with Crippen LogP contribution >= 0.6 is 0 Å². The molecule has 3 nitrogen and oxygen atoms in total. The van der Waals surface area contributed by atoms with Crippen LogP contribution in [-0.4, -0.2) is 10.2 Å². The molecule has 0 aliphatic carbocycles. The topological polar surface area (TPSA) is 38.9 Å². The van der Waals surface area contributed by atoms with Crippen LogP contribution in [0, 0.1) is 0 Å². The maximum Gasteiger partial charge on any atom is 0.416 e. The molecule has 0 aliphatic rings. The van der Waals surface area contributed by atoms with E-state index in [4.69, 9.17) is 4.42 Å². The molecule has 0 fully saturated rings. The van der Waals surface area contributed by atoms with Crippen LogP contribution in [0.1, 0.15) is 31.2 Å². The first kappa shape index (κ1) is 12.6. The number of hydrogen-bond donors (Lipinski definition) is 0. The van der Waals surface area contributed by atoms with Crippen LogP contribution in [0.2, 0.25) is 0 Å². The maximum absolute atomic E-state index is 12.4. The summed E-state index contributed by atoms with van der Waals surface area (Å²) in [5.41, 5.74) is -0.225. The highest BCUT2D eigenvalue weighted by Crippen LogP contribution is 2.30. The normalized spacial score (nSPS) is 12.1. The molecule has 2 aromatic rings. The van der Waals surface area contributed by atoms with Crippen molar-refractivity contribution in [2.45, 2.75) is 25.9 Å². The van der Waals surface area contributed by atoms with Crippen molar-refractivity contribution < 1.29 is 17.6 Å². The van der Waals surface area contributed by atoms with Crippen molar-refractivity contribution in [2.24, 2.45) is 0 Å². The van der Waals surface area contributed by atoms with E-state index < -0.39 is 11.7 Å². The Balaban J connectivity index is 2.29. The first-order valence-corrected chi connectivity index (χ1v) is 5.39. The van der Waals surface area contributed by atoms with Crippen LogP contribution < -0.4 is 0 Å². The largest absolute Gasteiger partial charge is 0.420 e. The quantitative estimate of drug-likeness (QED) is 0.818. The summed E-state index contributed by atoms with van der Waals surface area (Å²) in [6.07, 6.45) is -4.34. The van der Waals surface area contributed by atoms with Gasteiger partial charge in [0.25, 0.3) is 0 Å². The van der Waals surface area contributed by atoms with Crippen LogP contribution in [0.4, 0.5) is 13.2 Å². The summed E-state index contributed by atoms with van der Waals surface area (Å²) >= 11 is 0. The Hall–Kier alpha value is -1.85. The highest BCUT2D eigenvalue weighted by molar-refractivity contribution is 5.53. The molecule has 0 atom stereocenters. The standard InChI is InChI=1S/C12H11F3N2O/c1-7(2)10-16-17-11(18-10)8-3-5-9(6-4-8)12(13,14)15/h3-7H,1-2H3. The van der Waals surface area contributed by atoms with Crippen LogP contribution in [-0.2, 0) is 6.18 Å². The van der Waals surface area contributed by atoms with Gasteiger partial charge in [-0.3, -0.25) is 0 Å². The minimum Gasteiger partial charge on any atom is -0.420 e. The predicted molar refractivity (Wildman–Crippen MR) is 58.8 cm³/mol. The fourth-order valence-corrected chi connectivity index (χ4v) is 1.39. The molecule has 2 rings (SSSR count). The molecule has 0 spiro atoms. The summed E-state index contributed by atoms with van der Waals surface area (Å²) in [4.78, 5) is 0. The molecule has 0 N–H and O–H groups in total. The zero-order chi connectivity index (χ0) is 13.3. The lowest BCUT2D eigenvalue weighted by Crippen LogP contribution is -2.03. The molecular weight excluding hydrogens is 245 g/mol. The van der Waals surface area contributed by atoms with E-state index in [0.29, 0.717) is 11.5 Å². The minimum atomic E-state index is -4.34. The van der Waals surface area contributed by atoms with Crippen LogP contribution in [0.3, 0.4) is 0 Å². The molecule has 0 unspecified atom stereocenters. The number of rotatable bonds is 2. The van der Waals surface area contributed by atoms with Crippen LogP contribution in [0.25, 0.3) is 11.5 Å². The van der Waals surface area contributed by atoms with Crippen molar-refractivity contribution in [3.05, 3.63) is 35.7 Å². The van der Waals surface area contributed by atoms with Gasteiger partial charge in [0, 0.05) is 11.5 Å². The third-order valence-corrected chi connectivity index (χ3v) is 2.39. The minimum absolute atomic E-state index is 0.0840. The van der Waals surface area contributed by atoms with Crippen molar-refractivity contribution in [1.29, 1.82) is 0 Å². The fourth-order valence-electron chi connectivity index (χ4n) is 1.39. The zero-order valence-electron chi connectivity index (χ0n) is 9.82. The maximum atomic E-state index is 12.4. The second kappa shape index (κ2) is 4.44. The monoisotopic (exact) mass is 256 g/mol. The molecule has 96 valence electrons. The zero-order valence-corrected chi connectivity index (χ0v) is 9.82. The Labute approximate surface area is 102 Å². The third kappa shape index (κ3) is 2.52. The molecule has 1 heterocycles. The molecule has 1 aromatic carbocycles. The van der Waals surface area contributed by atoms with Crippen molar-refractivity contribution in [2.75, 3.05) is 0 Å². The molecule has 0 amide bonds. The lowest BCUT2D eigenvalue weighted by Gasteiger charge is -2.05. The SMILES string of the molecule is CC(C)c1nnc(-c2ccc(C(F)(F)F)cc2)o1. The van der Waals surface area contributed by atoms with E-state index in [1.54, 1.807) is 0 Å². The number of nitrogens with zero attached hydrogens (tertiary/aromatic N) is 2. The Kier molecular flexibility index (Phi) is 3.11. The molecule has 18 heavy (non-hydrogen) atoms. The molecular formula is C12H11F3N2O. The highest BCUT2D eigenvalue weighted by Gasteiger charge is 2.30. The van der Waals surface area contributed by atoms with E-state index in [-0.39, 0.29) is 11.8 Å². The van der Waals surface area contributed by atoms with E-state index in [1.807, 2.05) is 13.8 Å². The number of hydrogen-bond acceptors (Lipinski definition) is 3. The number of benzene rings is 1. The molecule has 0 radical (unpaired) electrons. The van der Waals surface area contributed by atoms with E-state index in [0.717, 1.165) is 12.1 Å². The van der Waals surface area contributed by atoms with Gasteiger partial charge in [-0.2, -0.15) is 13.2 Å². The van der Waals surface area contributed by atoms with Gasteiger partial charge < -0.3 is 4.42 Å². The predicted octanol–water partition coefficient (Wildman–Crippen LogP) is 3.88. The summed E-state index contributed by atoms with van der Waals surface area (Å²) < 4.78 is 42.5. The van der Waals surface area contributed by atoms with Gasteiger partial charge in [0.15, 0.2) is 0 Å². The molecule has 6 heteroatoms. The van der Waals surface area contributed by atoms with E-state index in [1.165, 1.54) is 12.1 Å². The summed E-state index contributed by atoms with van der Waals surface area (Å²) in [5, 5.41) is 7.63. The van der Waals surface area contributed by atoms with Gasteiger partial charge in [-0.15, -0.1) is 10.2 Å². The van der Waals surface area contributed by atoms with Gasteiger partial charge in [-0.1, -0.05) is 13.8 Å². The van der Waals surface area contributed by atoms with Crippen molar-refractivity contribution in [1.82, 2.24) is 10.2 Å². The summed E-state index contributed by atoms with van der Waals surface area (Å²) in [6, 6.07) is 4.63. The van der Waals surface area contributed by atoms with Gasteiger partial charge in [-0.25, -0.2) is 0 Å². The highest BCUT2D eigenvalue weighted by atomic mass is 19.4. The van der Waals surface area contributed by atoms with Gasteiger partial charge in [-0.05, 0) is 24.3 Å². The smallest absolute Gasteiger partial charge is 0.416 e. The second-order valence-electron chi connectivity index (χ2n) is 4.18. The van der Waals surface area contributed by atoms with Crippen molar-refractivity contribution in [3.8, 4) is 11.5 Å². The number of aromatic nitrogens is 2. The average molecular weight is 256 g/mol. The van der Waals surface area contributed by atoms with Crippen molar-refractivity contribution in [3.63, 3.8) is 0 Å². The van der Waals surface area contributed by atoms with Gasteiger partial charge >= 0.3 is 6.18 Å². The second-order valence-corrected chi connectivity index (χ2v) is 4.18. The Morgan fingerprint density at radius 1 is 1.06 bits per heavy atom. The van der Waals surface area contributed by atoms with Gasteiger partial charge in [0.2, 0.25) is 11.8 Å². The van der Waals surface area contributed by atoms with Crippen LogP contribution in [0.5, 0.6) is 0 Å². The Morgan fingerprint density at radius 2 is 1.67 bits per heavy atom. The number of alkyl halides is 3. The lowest BCUT2D eigenvalue weighted by molar-refractivity contribution is -0.137. The molecule has 1 aromatic heterocycles. The van der Waals surface area contributed by atoms with E-state index in [9.17, 15) is 13.2 Å². The molecule has 0 bridgehead atoms. The Bertz CT molecular complexity index is 529. The van der Waals surface area contributed by atoms with Gasteiger partial charge in [0.1, 0.15) is 0 Å². The summed E-state index contributed by atoms with van der Waals surface area (Å²) in [6.45, 7) is 3.79. The van der Waals surface area contributed by atoms with Gasteiger partial charge in [0.05, 0.1) is 5.56 Å². The third-order valence-electron chi connectivity index (χ3n) is 2.39. The van der Waals surface area contributed by atoms with Crippen LogP contribution in [0.15, 0.2) is 28.7 Å². The molecule has 0 saturated carbocycles. The fraction of sp³-hybridized carbons (Fsp3) is 0.333. The number of halogens is 3. The first-order valence-electron chi connectivity index (χ1n) is 5.39. The first-order chi connectivity index (χ1) is 8.38. The van der Waals surface area contributed by atoms with E-state index in [2.05, 4.69) is 10.2 Å². The summed E-state index contributed by atoms with van der Waals surface area (Å²) in [7, 11) is 0. The summed E-state index contributed by atoms with van der Waals surface area (Å²) in [5.74, 6) is 0.776. The lowest BCUT2D eigenvalue weighted by atomic mass is 10.1. The average Bonchev–Trinajstić information content (AvgIpc) is 2.77. The van der Waals surface area contributed by atoms with E-state index >= 15 is 0 Å². The molecule has 0 aliphatic heterocycles. The molecule has 0 saturated heterocycles. The van der Waals surface area contributed by atoms with Crippen molar-refractivity contribution >= 4 is 0 Å². The Morgan fingerprint density at radius 3 is 2.11 bits per heavy atom.